The lowest BCUT2D eigenvalue weighted by molar-refractivity contribution is -0.156. The van der Waals surface area contributed by atoms with E-state index in [-0.39, 0.29) is 6.42 Å². The van der Waals surface area contributed by atoms with E-state index in [2.05, 4.69) is 13.2 Å². The van der Waals surface area contributed by atoms with Gasteiger partial charge in [0.25, 0.3) is 0 Å². The number of carbonyl (C=O) groups is 2. The van der Waals surface area contributed by atoms with Crippen LogP contribution in [0.1, 0.15) is 13.3 Å². The van der Waals surface area contributed by atoms with Crippen LogP contribution in [0.4, 0.5) is 0 Å². The van der Waals surface area contributed by atoms with Crippen molar-refractivity contribution in [2.75, 3.05) is 0 Å². The molecule has 2 N–H and O–H groups in total. The standard InChI is InChI=1S/C10H14O4/c1-4-7(8(11)12)10(5-2,6-3)9(13)14/h4-5,7H,1-2,6H2,3H3,(H,11,12)(H,13,14). The van der Waals surface area contributed by atoms with Crippen molar-refractivity contribution in [1.82, 2.24) is 0 Å². The average molecular weight is 198 g/mol. The van der Waals surface area contributed by atoms with E-state index >= 15 is 0 Å². The molecule has 0 aliphatic rings. The van der Waals surface area contributed by atoms with Crippen LogP contribution in [0.25, 0.3) is 0 Å². The van der Waals surface area contributed by atoms with Gasteiger partial charge in [0.2, 0.25) is 0 Å². The van der Waals surface area contributed by atoms with Gasteiger partial charge < -0.3 is 10.2 Å². The van der Waals surface area contributed by atoms with Gasteiger partial charge in [-0.1, -0.05) is 19.1 Å². The monoisotopic (exact) mass is 198 g/mol. The summed E-state index contributed by atoms with van der Waals surface area (Å²) in [6.07, 6.45) is 2.45. The van der Waals surface area contributed by atoms with Crippen molar-refractivity contribution in [2.45, 2.75) is 13.3 Å². The topological polar surface area (TPSA) is 74.6 Å². The van der Waals surface area contributed by atoms with Crippen molar-refractivity contribution < 1.29 is 19.8 Å². The van der Waals surface area contributed by atoms with E-state index in [1.54, 1.807) is 6.92 Å². The van der Waals surface area contributed by atoms with Crippen LogP contribution in [0.2, 0.25) is 0 Å². The summed E-state index contributed by atoms with van der Waals surface area (Å²) in [6.45, 7) is 8.33. The lowest BCUT2D eigenvalue weighted by Gasteiger charge is -2.28. The van der Waals surface area contributed by atoms with Crippen molar-refractivity contribution in [1.29, 1.82) is 0 Å². The normalized spacial score (nSPS) is 16.4. The van der Waals surface area contributed by atoms with E-state index in [0.717, 1.165) is 12.2 Å². The van der Waals surface area contributed by atoms with Gasteiger partial charge in [0.05, 0.1) is 5.92 Å². The maximum absolute atomic E-state index is 11.0. The summed E-state index contributed by atoms with van der Waals surface area (Å²) in [6, 6.07) is 0. The van der Waals surface area contributed by atoms with Crippen LogP contribution in [0.3, 0.4) is 0 Å². The maximum Gasteiger partial charge on any atom is 0.314 e. The SMILES string of the molecule is C=CC(C(=O)O)C(C=C)(CC)C(=O)O. The smallest absolute Gasteiger partial charge is 0.314 e. The molecule has 0 spiro atoms. The van der Waals surface area contributed by atoms with E-state index in [0.29, 0.717) is 0 Å². The van der Waals surface area contributed by atoms with Crippen LogP contribution in [-0.4, -0.2) is 22.2 Å². The average Bonchev–Trinajstić information content (AvgIpc) is 2.12. The van der Waals surface area contributed by atoms with Crippen LogP contribution in [-0.2, 0) is 9.59 Å². The van der Waals surface area contributed by atoms with Gasteiger partial charge in [0.15, 0.2) is 0 Å². The molecule has 0 saturated carbocycles. The Balaban J connectivity index is 5.35. The highest BCUT2D eigenvalue weighted by Crippen LogP contribution is 2.34. The van der Waals surface area contributed by atoms with E-state index in [9.17, 15) is 9.59 Å². The van der Waals surface area contributed by atoms with Crippen molar-refractivity contribution in [3.8, 4) is 0 Å². The molecular formula is C10H14O4. The minimum absolute atomic E-state index is 0.162. The molecular weight excluding hydrogens is 184 g/mol. The summed E-state index contributed by atoms with van der Waals surface area (Å²) >= 11 is 0. The van der Waals surface area contributed by atoms with E-state index in [1.165, 1.54) is 0 Å². The molecule has 14 heavy (non-hydrogen) atoms. The number of rotatable bonds is 6. The van der Waals surface area contributed by atoms with Crippen molar-refractivity contribution >= 4 is 11.9 Å². The quantitative estimate of drug-likeness (QED) is 0.635. The van der Waals surface area contributed by atoms with Gasteiger partial charge in [0.1, 0.15) is 5.41 Å². The van der Waals surface area contributed by atoms with Gasteiger partial charge in [-0.2, -0.15) is 0 Å². The summed E-state index contributed by atoms with van der Waals surface area (Å²) in [5.74, 6) is -3.55. The minimum atomic E-state index is -1.46. The predicted octanol–water partition coefficient (Wildman–Crippen LogP) is 1.54. The molecule has 0 fully saturated rings. The molecule has 0 aromatic rings. The predicted molar refractivity (Wildman–Crippen MR) is 51.9 cm³/mol. The zero-order chi connectivity index (χ0) is 11.4. The van der Waals surface area contributed by atoms with Crippen molar-refractivity contribution in [3.05, 3.63) is 25.3 Å². The third kappa shape index (κ3) is 1.84. The number of hydrogen-bond acceptors (Lipinski definition) is 2. The Morgan fingerprint density at radius 3 is 2.00 bits per heavy atom. The highest BCUT2D eigenvalue weighted by atomic mass is 16.4. The Hall–Kier alpha value is -1.58. The van der Waals surface area contributed by atoms with Gasteiger partial charge in [-0.25, -0.2) is 0 Å². The minimum Gasteiger partial charge on any atom is -0.481 e. The number of hydrogen-bond donors (Lipinski definition) is 2. The van der Waals surface area contributed by atoms with Crippen molar-refractivity contribution in [3.63, 3.8) is 0 Å². The Morgan fingerprint density at radius 1 is 1.43 bits per heavy atom. The molecule has 0 aliphatic carbocycles. The fraction of sp³-hybridized carbons (Fsp3) is 0.400. The number of aliphatic carboxylic acids is 2. The molecule has 0 rings (SSSR count). The molecule has 0 bridgehead atoms. The fourth-order valence-electron chi connectivity index (χ4n) is 1.39. The first-order valence-corrected chi connectivity index (χ1v) is 4.18. The highest BCUT2D eigenvalue weighted by Gasteiger charge is 2.44. The molecule has 0 aromatic carbocycles. The zero-order valence-electron chi connectivity index (χ0n) is 8.06. The van der Waals surface area contributed by atoms with E-state index in [1.807, 2.05) is 0 Å². The van der Waals surface area contributed by atoms with Gasteiger partial charge in [-0.3, -0.25) is 9.59 Å². The molecule has 0 heterocycles. The molecule has 0 aliphatic heterocycles. The highest BCUT2D eigenvalue weighted by molar-refractivity contribution is 5.86. The lowest BCUT2D eigenvalue weighted by atomic mass is 9.73. The van der Waals surface area contributed by atoms with Gasteiger partial charge in [-0.15, -0.1) is 13.2 Å². The first kappa shape index (κ1) is 12.4. The molecule has 4 heteroatoms. The van der Waals surface area contributed by atoms with Crippen LogP contribution in [0, 0.1) is 11.3 Å². The Morgan fingerprint density at radius 2 is 1.93 bits per heavy atom. The summed E-state index contributed by atoms with van der Waals surface area (Å²) in [5.41, 5.74) is -1.46. The summed E-state index contributed by atoms with van der Waals surface area (Å²) in [5, 5.41) is 17.8. The number of carboxylic acid groups (broad SMARTS) is 2. The second-order valence-corrected chi connectivity index (χ2v) is 2.95. The zero-order valence-corrected chi connectivity index (χ0v) is 8.06. The molecule has 2 unspecified atom stereocenters. The third-order valence-electron chi connectivity index (χ3n) is 2.40. The van der Waals surface area contributed by atoms with Gasteiger partial charge >= 0.3 is 11.9 Å². The van der Waals surface area contributed by atoms with E-state index < -0.39 is 23.3 Å². The fourth-order valence-corrected chi connectivity index (χ4v) is 1.39. The maximum atomic E-state index is 11.0. The molecule has 0 amide bonds. The Kier molecular flexibility index (Phi) is 4.08. The molecule has 0 aromatic heterocycles. The van der Waals surface area contributed by atoms with Gasteiger partial charge in [0, 0.05) is 0 Å². The summed E-state index contributed by atoms with van der Waals surface area (Å²) in [7, 11) is 0. The van der Waals surface area contributed by atoms with Crippen LogP contribution < -0.4 is 0 Å². The largest absolute Gasteiger partial charge is 0.481 e. The Bertz CT molecular complexity index is 269. The lowest BCUT2D eigenvalue weighted by Crippen LogP contribution is -2.39. The summed E-state index contributed by atoms with van der Waals surface area (Å²) in [4.78, 5) is 21.8. The molecule has 0 saturated heterocycles. The second-order valence-electron chi connectivity index (χ2n) is 2.95. The third-order valence-corrected chi connectivity index (χ3v) is 2.40. The van der Waals surface area contributed by atoms with Crippen LogP contribution in [0.5, 0.6) is 0 Å². The molecule has 78 valence electrons. The van der Waals surface area contributed by atoms with Crippen LogP contribution in [0.15, 0.2) is 25.3 Å². The Labute approximate surface area is 82.6 Å². The second kappa shape index (κ2) is 4.60. The summed E-state index contributed by atoms with van der Waals surface area (Å²) < 4.78 is 0. The first-order valence-electron chi connectivity index (χ1n) is 4.18. The van der Waals surface area contributed by atoms with Crippen LogP contribution >= 0.6 is 0 Å². The molecule has 2 atom stereocenters. The van der Waals surface area contributed by atoms with E-state index in [4.69, 9.17) is 10.2 Å². The molecule has 4 nitrogen and oxygen atoms in total. The number of carboxylic acids is 2. The van der Waals surface area contributed by atoms with Gasteiger partial charge in [-0.05, 0) is 6.42 Å². The van der Waals surface area contributed by atoms with Crippen molar-refractivity contribution in [2.24, 2.45) is 11.3 Å². The first-order chi connectivity index (χ1) is 6.46. The molecule has 0 radical (unpaired) electrons.